The fraction of sp³-hybridized carbons (Fsp3) is 0.353. The molecule has 232 valence electrons. The van der Waals surface area contributed by atoms with Gasteiger partial charge in [-0.25, -0.2) is 19.0 Å². The van der Waals surface area contributed by atoms with Crippen molar-refractivity contribution in [1.29, 1.82) is 0 Å². The number of rotatable bonds is 6. The van der Waals surface area contributed by atoms with Crippen molar-refractivity contribution in [3.8, 4) is 11.4 Å². The van der Waals surface area contributed by atoms with Crippen LogP contribution < -0.4 is 16.2 Å². The van der Waals surface area contributed by atoms with E-state index >= 15 is 4.39 Å². The van der Waals surface area contributed by atoms with E-state index in [-0.39, 0.29) is 43.1 Å². The molecule has 0 fully saturated rings. The van der Waals surface area contributed by atoms with Gasteiger partial charge in [0, 0.05) is 29.1 Å². The van der Waals surface area contributed by atoms with Crippen LogP contribution in [0.4, 0.5) is 9.18 Å². The zero-order chi connectivity index (χ0) is 31.6. The Morgan fingerprint density at radius 2 is 1.98 bits per heavy atom. The third kappa shape index (κ3) is 4.44. The molecule has 0 spiro atoms. The summed E-state index contributed by atoms with van der Waals surface area (Å²) in [5.41, 5.74) is 4.11. The van der Waals surface area contributed by atoms with Gasteiger partial charge < -0.3 is 29.8 Å². The first-order chi connectivity index (χ1) is 21.7. The molecule has 45 heavy (non-hydrogen) atoms. The number of halogens is 1. The number of amides is 1. The number of carbonyl (C=O) groups is 2. The number of fused-ring (bicyclic) bond motifs is 5. The summed E-state index contributed by atoms with van der Waals surface area (Å²) in [5.74, 6) is -1.19. The first kappa shape index (κ1) is 29.1. The Balaban J connectivity index is 1.32. The molecule has 2 aromatic carbocycles. The van der Waals surface area contributed by atoms with Gasteiger partial charge in [0.1, 0.15) is 19.0 Å². The smallest absolute Gasteiger partial charge is 0.407 e. The van der Waals surface area contributed by atoms with Gasteiger partial charge in [0.05, 0.1) is 35.1 Å². The Hall–Kier alpha value is -4.61. The summed E-state index contributed by atoms with van der Waals surface area (Å²) < 4.78 is 27.6. The Morgan fingerprint density at radius 1 is 1.20 bits per heavy atom. The number of cyclic esters (lactones) is 1. The van der Waals surface area contributed by atoms with Crippen molar-refractivity contribution < 1.29 is 28.6 Å². The topological polar surface area (TPSA) is 132 Å². The Bertz CT molecular complexity index is 1990. The molecule has 4 heterocycles. The predicted molar refractivity (Wildman–Crippen MR) is 163 cm³/mol. The maximum atomic E-state index is 15.2. The van der Waals surface area contributed by atoms with Crippen LogP contribution in [0.15, 0.2) is 41.2 Å². The number of aryl methyl sites for hydroxylation is 1. The van der Waals surface area contributed by atoms with Crippen LogP contribution >= 0.6 is 0 Å². The standard InChI is InChI=1S/C34H33FN4O6/c1-4-34(43)23-11-27-30-21(14-39(27)31(40)22(23)16-44-32(34)41)29-25(10-9-20-17(2)24(35)12-26(37-30)28(20)29)38-33(42)45-15-19-8-6-5-7-18(19)13-36-3/h5-8,11-12,25,36,43H,4,9-10,13-16H2,1-3H3,(H,38,42)/t25-,34-/m0/s1. The summed E-state index contributed by atoms with van der Waals surface area (Å²) in [4.78, 5) is 44.5. The first-order valence-corrected chi connectivity index (χ1v) is 15.1. The first-order valence-electron chi connectivity index (χ1n) is 15.1. The highest BCUT2D eigenvalue weighted by Crippen LogP contribution is 2.46. The quantitative estimate of drug-likeness (QED) is 0.244. The molecule has 11 heteroatoms. The largest absolute Gasteiger partial charge is 0.458 e. The highest BCUT2D eigenvalue weighted by Gasteiger charge is 2.46. The number of benzene rings is 2. The van der Waals surface area contributed by atoms with Gasteiger partial charge in [0.2, 0.25) is 0 Å². The van der Waals surface area contributed by atoms with Gasteiger partial charge in [-0.15, -0.1) is 0 Å². The molecule has 0 radical (unpaired) electrons. The van der Waals surface area contributed by atoms with Crippen LogP contribution in [-0.2, 0) is 52.6 Å². The molecule has 0 saturated heterocycles. The number of aliphatic hydroxyl groups is 1. The molecule has 7 rings (SSSR count). The van der Waals surface area contributed by atoms with Crippen molar-refractivity contribution in [3.05, 3.63) is 97.1 Å². The summed E-state index contributed by atoms with van der Waals surface area (Å²) in [6, 6.07) is 10.3. The van der Waals surface area contributed by atoms with Crippen molar-refractivity contribution in [2.75, 3.05) is 7.05 Å². The summed E-state index contributed by atoms with van der Waals surface area (Å²) in [5, 5.41) is 18.2. The van der Waals surface area contributed by atoms with Gasteiger partial charge in [-0.2, -0.15) is 0 Å². The highest BCUT2D eigenvalue weighted by atomic mass is 19.1. The van der Waals surface area contributed by atoms with E-state index in [0.717, 1.165) is 33.2 Å². The van der Waals surface area contributed by atoms with Crippen LogP contribution in [0, 0.1) is 12.7 Å². The van der Waals surface area contributed by atoms with Crippen molar-refractivity contribution in [1.82, 2.24) is 20.2 Å². The average Bonchev–Trinajstić information content (AvgIpc) is 3.40. The molecule has 2 aliphatic heterocycles. The number of hydrogen-bond donors (Lipinski definition) is 3. The summed E-state index contributed by atoms with van der Waals surface area (Å²) in [6.07, 6.45) is 0.445. The van der Waals surface area contributed by atoms with Crippen LogP contribution in [0.3, 0.4) is 0 Å². The SMILES string of the molecule is CC[C@@]1(O)C(=O)OCc2c1cc1n(c2=O)Cc2c-1nc1cc(F)c(C)c3c1c2[C@@H](NC(=O)OCc1ccccc1CNC)CC3. The van der Waals surface area contributed by atoms with E-state index in [2.05, 4.69) is 10.6 Å². The predicted octanol–water partition coefficient (Wildman–Crippen LogP) is 4.16. The zero-order valence-corrected chi connectivity index (χ0v) is 25.3. The lowest BCUT2D eigenvalue weighted by molar-refractivity contribution is -0.172. The number of esters is 1. The van der Waals surface area contributed by atoms with Gasteiger partial charge in [-0.3, -0.25) is 4.79 Å². The number of ether oxygens (including phenoxy) is 2. The number of alkyl carbamates (subject to hydrolysis) is 1. The number of nitrogens with zero attached hydrogens (tertiary/aromatic N) is 2. The zero-order valence-electron chi connectivity index (χ0n) is 25.3. The molecule has 10 nitrogen and oxygen atoms in total. The second-order valence-electron chi connectivity index (χ2n) is 11.9. The van der Waals surface area contributed by atoms with Gasteiger partial charge in [-0.05, 0) is 67.1 Å². The second-order valence-corrected chi connectivity index (χ2v) is 11.9. The van der Waals surface area contributed by atoms with E-state index < -0.39 is 29.3 Å². The molecule has 2 atom stereocenters. The van der Waals surface area contributed by atoms with Crippen LogP contribution in [0.25, 0.3) is 22.3 Å². The minimum Gasteiger partial charge on any atom is -0.458 e. The van der Waals surface area contributed by atoms with Crippen LogP contribution in [0.5, 0.6) is 0 Å². The molecule has 2 aromatic heterocycles. The maximum absolute atomic E-state index is 15.2. The van der Waals surface area contributed by atoms with Crippen molar-refractivity contribution in [2.24, 2.45) is 0 Å². The molecular formula is C34H33FN4O6. The molecule has 4 aromatic rings. The van der Waals surface area contributed by atoms with E-state index in [4.69, 9.17) is 14.5 Å². The number of aromatic nitrogens is 2. The molecule has 0 saturated carbocycles. The van der Waals surface area contributed by atoms with Gasteiger partial charge in [-0.1, -0.05) is 31.2 Å². The maximum Gasteiger partial charge on any atom is 0.407 e. The molecule has 3 aliphatic rings. The molecule has 3 N–H and O–H groups in total. The van der Waals surface area contributed by atoms with E-state index in [1.807, 2.05) is 31.3 Å². The number of carbonyl (C=O) groups excluding carboxylic acids is 2. The van der Waals surface area contributed by atoms with Crippen molar-refractivity contribution >= 4 is 23.0 Å². The van der Waals surface area contributed by atoms with Crippen LogP contribution in [0.2, 0.25) is 0 Å². The summed E-state index contributed by atoms with van der Waals surface area (Å²) in [7, 11) is 1.85. The van der Waals surface area contributed by atoms with Crippen LogP contribution in [-0.4, -0.2) is 33.8 Å². The fourth-order valence-corrected chi connectivity index (χ4v) is 7.09. The Kier molecular flexibility index (Phi) is 6.97. The molecular weight excluding hydrogens is 579 g/mol. The lowest BCUT2D eigenvalue weighted by Crippen LogP contribution is -2.44. The summed E-state index contributed by atoms with van der Waals surface area (Å²) >= 11 is 0. The van der Waals surface area contributed by atoms with E-state index in [9.17, 15) is 19.5 Å². The number of pyridine rings is 2. The average molecular weight is 613 g/mol. The van der Waals surface area contributed by atoms with E-state index in [0.29, 0.717) is 41.9 Å². The molecule has 0 bridgehead atoms. The lowest BCUT2D eigenvalue weighted by atomic mass is 9.81. The molecule has 0 unspecified atom stereocenters. The van der Waals surface area contributed by atoms with Crippen LogP contribution in [0.1, 0.15) is 70.3 Å². The van der Waals surface area contributed by atoms with E-state index in [1.54, 1.807) is 24.5 Å². The minimum atomic E-state index is -1.97. The minimum absolute atomic E-state index is 0.0202. The van der Waals surface area contributed by atoms with Crippen molar-refractivity contribution in [3.63, 3.8) is 0 Å². The summed E-state index contributed by atoms with van der Waals surface area (Å²) in [6.45, 7) is 4.03. The third-order valence-electron chi connectivity index (χ3n) is 9.51. The Morgan fingerprint density at radius 3 is 2.73 bits per heavy atom. The van der Waals surface area contributed by atoms with Crippen molar-refractivity contribution in [2.45, 2.75) is 71.1 Å². The Labute approximate surface area is 258 Å². The number of nitrogens with one attached hydrogen (secondary N) is 2. The van der Waals surface area contributed by atoms with E-state index in [1.165, 1.54) is 6.07 Å². The number of hydrogen-bond acceptors (Lipinski definition) is 8. The lowest BCUT2D eigenvalue weighted by Gasteiger charge is -2.31. The van der Waals surface area contributed by atoms with Gasteiger partial charge >= 0.3 is 12.1 Å². The second kappa shape index (κ2) is 10.8. The highest BCUT2D eigenvalue weighted by molar-refractivity contribution is 5.93. The monoisotopic (exact) mass is 612 g/mol. The van der Waals surface area contributed by atoms with Gasteiger partial charge in [0.15, 0.2) is 5.60 Å². The molecule has 1 amide bonds. The van der Waals surface area contributed by atoms with Gasteiger partial charge in [0.25, 0.3) is 5.56 Å². The third-order valence-corrected chi connectivity index (χ3v) is 9.51. The normalized spacial score (nSPS) is 19.5. The molecule has 1 aliphatic carbocycles. The fourth-order valence-electron chi connectivity index (χ4n) is 7.09.